The van der Waals surface area contributed by atoms with Crippen LogP contribution in [0.25, 0.3) is 0 Å². The number of rotatable bonds is 1. The third-order valence-electron chi connectivity index (χ3n) is 1.83. The number of aliphatic hydroxyl groups is 1. The van der Waals surface area contributed by atoms with Crippen molar-refractivity contribution in [1.29, 1.82) is 5.26 Å². The van der Waals surface area contributed by atoms with Crippen LogP contribution in [0.1, 0.15) is 19.3 Å². The van der Waals surface area contributed by atoms with Crippen LogP contribution in [-0.4, -0.2) is 11.2 Å². The van der Waals surface area contributed by atoms with E-state index in [4.69, 9.17) is 10.4 Å². The molecule has 0 saturated heterocycles. The van der Waals surface area contributed by atoms with E-state index in [-0.39, 0.29) is 5.92 Å². The van der Waals surface area contributed by atoms with Crippen molar-refractivity contribution in [1.82, 2.24) is 0 Å². The van der Waals surface area contributed by atoms with E-state index in [0.717, 1.165) is 19.3 Å². The van der Waals surface area contributed by atoms with Gasteiger partial charge in [-0.3, -0.25) is 0 Å². The maximum Gasteiger partial charge on any atom is 0.146 e. The van der Waals surface area contributed by atoms with Gasteiger partial charge in [-0.1, -0.05) is 12.2 Å². The van der Waals surface area contributed by atoms with E-state index < -0.39 is 6.10 Å². The number of aliphatic hydroxyl groups excluding tert-OH is 1. The zero-order chi connectivity index (χ0) is 7.40. The first-order valence-corrected chi connectivity index (χ1v) is 3.59. The molecule has 0 heterocycles. The first kappa shape index (κ1) is 7.30. The largest absolute Gasteiger partial charge is 0.378 e. The molecule has 2 atom stereocenters. The summed E-state index contributed by atoms with van der Waals surface area (Å²) in [6.45, 7) is 0. The summed E-state index contributed by atoms with van der Waals surface area (Å²) < 4.78 is 0. The predicted molar refractivity (Wildman–Crippen MR) is 38.1 cm³/mol. The normalized spacial score (nSPS) is 27.4. The highest BCUT2D eigenvalue weighted by Crippen LogP contribution is 2.19. The summed E-state index contributed by atoms with van der Waals surface area (Å²) in [5, 5.41) is 17.4. The van der Waals surface area contributed by atoms with Crippen LogP contribution < -0.4 is 0 Å². The van der Waals surface area contributed by atoms with Gasteiger partial charge in [0.15, 0.2) is 0 Å². The third kappa shape index (κ3) is 1.58. The van der Waals surface area contributed by atoms with Crippen molar-refractivity contribution in [2.24, 2.45) is 5.92 Å². The second-order valence-electron chi connectivity index (χ2n) is 2.60. The van der Waals surface area contributed by atoms with E-state index in [0.29, 0.717) is 0 Å². The van der Waals surface area contributed by atoms with Crippen LogP contribution >= 0.6 is 0 Å². The molecule has 0 aliphatic heterocycles. The molecule has 0 amide bonds. The monoisotopic (exact) mass is 137 g/mol. The standard InChI is InChI=1S/C8H11NO/c9-6-8(10)7-4-2-1-3-5-7/h2,4,7-8,10H,1,3,5H2. The summed E-state index contributed by atoms with van der Waals surface area (Å²) >= 11 is 0. The van der Waals surface area contributed by atoms with Gasteiger partial charge in [-0.25, -0.2) is 0 Å². The smallest absolute Gasteiger partial charge is 0.146 e. The number of nitriles is 1. The van der Waals surface area contributed by atoms with Crippen LogP contribution in [-0.2, 0) is 0 Å². The molecule has 10 heavy (non-hydrogen) atoms. The zero-order valence-corrected chi connectivity index (χ0v) is 5.83. The molecule has 1 aliphatic rings. The van der Waals surface area contributed by atoms with Crippen molar-refractivity contribution in [3.8, 4) is 6.07 Å². The van der Waals surface area contributed by atoms with Gasteiger partial charge in [0, 0.05) is 5.92 Å². The van der Waals surface area contributed by atoms with Crippen molar-refractivity contribution in [3.05, 3.63) is 12.2 Å². The molecule has 0 aromatic heterocycles. The molecule has 0 spiro atoms. The van der Waals surface area contributed by atoms with Gasteiger partial charge in [-0.05, 0) is 19.3 Å². The molecule has 2 heteroatoms. The van der Waals surface area contributed by atoms with Gasteiger partial charge in [0.2, 0.25) is 0 Å². The predicted octanol–water partition coefficient (Wildman–Crippen LogP) is 1.23. The fourth-order valence-electron chi connectivity index (χ4n) is 1.20. The van der Waals surface area contributed by atoms with Gasteiger partial charge in [-0.2, -0.15) is 5.26 Å². The summed E-state index contributed by atoms with van der Waals surface area (Å²) in [5.41, 5.74) is 0. The summed E-state index contributed by atoms with van der Waals surface area (Å²) in [5.74, 6) is 0.0822. The van der Waals surface area contributed by atoms with Crippen molar-refractivity contribution < 1.29 is 5.11 Å². The lowest BCUT2D eigenvalue weighted by Gasteiger charge is -2.16. The number of hydrogen-bond donors (Lipinski definition) is 1. The molecule has 0 fully saturated rings. The SMILES string of the molecule is N#CC(O)C1C=CCCC1. The van der Waals surface area contributed by atoms with E-state index in [9.17, 15) is 0 Å². The molecule has 0 aromatic rings. The Morgan fingerprint density at radius 2 is 2.50 bits per heavy atom. The Balaban J connectivity index is 2.48. The van der Waals surface area contributed by atoms with Crippen LogP contribution in [0.3, 0.4) is 0 Å². The third-order valence-corrected chi connectivity index (χ3v) is 1.83. The first-order chi connectivity index (χ1) is 4.84. The second-order valence-corrected chi connectivity index (χ2v) is 2.60. The molecule has 0 saturated carbocycles. The Morgan fingerprint density at radius 3 is 3.00 bits per heavy atom. The van der Waals surface area contributed by atoms with Gasteiger partial charge in [0.1, 0.15) is 6.10 Å². The van der Waals surface area contributed by atoms with Gasteiger partial charge in [0.25, 0.3) is 0 Å². The topological polar surface area (TPSA) is 44.0 Å². The molecule has 0 radical (unpaired) electrons. The highest BCUT2D eigenvalue weighted by molar-refractivity contribution is 5.02. The van der Waals surface area contributed by atoms with Crippen LogP contribution in [0, 0.1) is 17.2 Å². The van der Waals surface area contributed by atoms with E-state index in [1.165, 1.54) is 0 Å². The second kappa shape index (κ2) is 3.38. The Morgan fingerprint density at radius 1 is 1.70 bits per heavy atom. The van der Waals surface area contributed by atoms with E-state index in [1.54, 1.807) is 0 Å². The highest BCUT2D eigenvalue weighted by Gasteiger charge is 2.16. The van der Waals surface area contributed by atoms with Crippen LogP contribution in [0.4, 0.5) is 0 Å². The highest BCUT2D eigenvalue weighted by atomic mass is 16.3. The average molecular weight is 137 g/mol. The molecular formula is C8H11NO. The number of hydrogen-bond acceptors (Lipinski definition) is 2. The molecule has 2 unspecified atom stereocenters. The fraction of sp³-hybridized carbons (Fsp3) is 0.625. The quantitative estimate of drug-likeness (QED) is 0.436. The molecule has 1 rings (SSSR count). The van der Waals surface area contributed by atoms with Gasteiger partial charge >= 0.3 is 0 Å². The number of allylic oxidation sites excluding steroid dienone is 1. The molecule has 0 aromatic carbocycles. The first-order valence-electron chi connectivity index (χ1n) is 3.59. The molecule has 0 bridgehead atoms. The summed E-state index contributed by atoms with van der Waals surface area (Å²) in [4.78, 5) is 0. The Bertz CT molecular complexity index is 169. The van der Waals surface area contributed by atoms with Crippen molar-refractivity contribution in [3.63, 3.8) is 0 Å². The van der Waals surface area contributed by atoms with Crippen LogP contribution in [0.5, 0.6) is 0 Å². The van der Waals surface area contributed by atoms with Gasteiger partial charge in [0.05, 0.1) is 6.07 Å². The average Bonchev–Trinajstić information content (AvgIpc) is 2.05. The number of nitrogens with zero attached hydrogens (tertiary/aromatic N) is 1. The van der Waals surface area contributed by atoms with Crippen LogP contribution in [0.2, 0.25) is 0 Å². The lowest BCUT2D eigenvalue weighted by atomic mass is 9.92. The summed E-state index contributed by atoms with van der Waals surface area (Å²) in [6.07, 6.45) is 6.32. The van der Waals surface area contributed by atoms with Crippen LogP contribution in [0.15, 0.2) is 12.2 Å². The molecule has 1 N–H and O–H groups in total. The van der Waals surface area contributed by atoms with Gasteiger partial charge < -0.3 is 5.11 Å². The van der Waals surface area contributed by atoms with Crippen molar-refractivity contribution in [2.75, 3.05) is 0 Å². The Hall–Kier alpha value is -0.810. The Labute approximate surface area is 60.8 Å². The van der Waals surface area contributed by atoms with E-state index in [1.807, 2.05) is 18.2 Å². The Kier molecular flexibility index (Phi) is 2.47. The lowest BCUT2D eigenvalue weighted by molar-refractivity contribution is 0.174. The van der Waals surface area contributed by atoms with Crippen molar-refractivity contribution >= 4 is 0 Å². The zero-order valence-electron chi connectivity index (χ0n) is 5.83. The minimum Gasteiger partial charge on any atom is -0.378 e. The van der Waals surface area contributed by atoms with E-state index >= 15 is 0 Å². The summed E-state index contributed by atoms with van der Waals surface area (Å²) in [6, 6.07) is 1.84. The minimum atomic E-state index is -0.795. The molecule has 2 nitrogen and oxygen atoms in total. The minimum absolute atomic E-state index is 0.0822. The lowest BCUT2D eigenvalue weighted by Crippen LogP contribution is -2.17. The molecule has 54 valence electrons. The molecule has 1 aliphatic carbocycles. The maximum atomic E-state index is 9.07. The van der Waals surface area contributed by atoms with E-state index in [2.05, 4.69) is 0 Å². The maximum absolute atomic E-state index is 9.07. The van der Waals surface area contributed by atoms with Crippen molar-refractivity contribution in [2.45, 2.75) is 25.4 Å². The summed E-state index contributed by atoms with van der Waals surface area (Å²) in [7, 11) is 0. The fourth-order valence-corrected chi connectivity index (χ4v) is 1.20. The molecular weight excluding hydrogens is 126 g/mol. The van der Waals surface area contributed by atoms with Gasteiger partial charge in [-0.15, -0.1) is 0 Å².